The maximum Gasteiger partial charge on any atom is 0.193 e. The lowest BCUT2D eigenvalue weighted by molar-refractivity contribution is 0.254. The van der Waals surface area contributed by atoms with Crippen molar-refractivity contribution in [3.05, 3.63) is 23.5 Å². The van der Waals surface area contributed by atoms with Crippen LogP contribution in [0.25, 0.3) is 4.96 Å². The van der Waals surface area contributed by atoms with E-state index in [4.69, 9.17) is 5.21 Å². The standard InChI is InChI=1S/C11H14N4OS/c16-13-9-1-3-14(4-2-9)7-10-8-15-5-6-17-11(15)12-10/h5-6,8,16H,1-4,7H2. The normalized spacial score (nSPS) is 17.8. The van der Waals surface area contributed by atoms with Gasteiger partial charge in [0.25, 0.3) is 0 Å². The molecule has 1 saturated heterocycles. The summed E-state index contributed by atoms with van der Waals surface area (Å²) in [5.41, 5.74) is 2.02. The van der Waals surface area contributed by atoms with Crippen molar-refractivity contribution >= 4 is 22.0 Å². The predicted octanol–water partition coefficient (Wildman–Crippen LogP) is 1.82. The number of piperidine rings is 1. The Balaban J connectivity index is 1.66. The van der Waals surface area contributed by atoms with Crippen molar-refractivity contribution in [2.75, 3.05) is 13.1 Å². The van der Waals surface area contributed by atoms with Crippen LogP contribution in [0.2, 0.25) is 0 Å². The van der Waals surface area contributed by atoms with Crippen LogP contribution in [-0.4, -0.2) is 38.3 Å². The second-order valence-electron chi connectivity index (χ2n) is 4.27. The fraction of sp³-hybridized carbons (Fsp3) is 0.455. The van der Waals surface area contributed by atoms with E-state index in [9.17, 15) is 0 Å². The van der Waals surface area contributed by atoms with Gasteiger partial charge in [0.1, 0.15) is 0 Å². The molecule has 0 unspecified atom stereocenters. The van der Waals surface area contributed by atoms with E-state index >= 15 is 0 Å². The van der Waals surface area contributed by atoms with Gasteiger partial charge in [0.05, 0.1) is 11.4 Å². The number of nitrogens with zero attached hydrogens (tertiary/aromatic N) is 4. The van der Waals surface area contributed by atoms with Gasteiger partial charge in [-0.2, -0.15) is 0 Å². The molecule has 0 aliphatic carbocycles. The molecule has 0 amide bonds. The maximum absolute atomic E-state index is 8.69. The SMILES string of the molecule is ON=C1CCN(Cc2cn3ccsc3n2)CC1. The molecule has 6 heteroatoms. The van der Waals surface area contributed by atoms with Gasteiger partial charge in [-0.15, -0.1) is 11.3 Å². The Morgan fingerprint density at radius 3 is 2.94 bits per heavy atom. The minimum atomic E-state index is 0.860. The summed E-state index contributed by atoms with van der Waals surface area (Å²) in [5, 5.41) is 14.0. The van der Waals surface area contributed by atoms with Gasteiger partial charge in [0.2, 0.25) is 0 Å². The number of aromatic nitrogens is 2. The summed E-state index contributed by atoms with van der Waals surface area (Å²) in [7, 11) is 0. The summed E-state index contributed by atoms with van der Waals surface area (Å²) in [6.45, 7) is 2.78. The van der Waals surface area contributed by atoms with Gasteiger partial charge >= 0.3 is 0 Å². The molecule has 5 nitrogen and oxygen atoms in total. The summed E-state index contributed by atoms with van der Waals surface area (Å²) >= 11 is 1.66. The van der Waals surface area contributed by atoms with Crippen molar-refractivity contribution in [3.8, 4) is 0 Å². The summed E-state index contributed by atoms with van der Waals surface area (Å²) in [6, 6.07) is 0. The highest BCUT2D eigenvalue weighted by atomic mass is 32.1. The van der Waals surface area contributed by atoms with Crippen LogP contribution >= 0.6 is 11.3 Å². The highest BCUT2D eigenvalue weighted by Gasteiger charge is 2.16. The smallest absolute Gasteiger partial charge is 0.193 e. The summed E-state index contributed by atoms with van der Waals surface area (Å²) in [6.07, 6.45) is 5.84. The summed E-state index contributed by atoms with van der Waals surface area (Å²) in [4.78, 5) is 7.97. The number of hydrogen-bond acceptors (Lipinski definition) is 5. The lowest BCUT2D eigenvalue weighted by Gasteiger charge is -2.25. The molecular formula is C11H14N4OS. The van der Waals surface area contributed by atoms with Crippen molar-refractivity contribution < 1.29 is 5.21 Å². The number of imidazole rings is 1. The van der Waals surface area contributed by atoms with Crippen LogP contribution in [0.1, 0.15) is 18.5 Å². The quantitative estimate of drug-likeness (QED) is 0.653. The van der Waals surface area contributed by atoms with Crippen LogP contribution < -0.4 is 0 Å². The molecule has 1 aliphatic heterocycles. The number of rotatable bonds is 2. The zero-order valence-electron chi connectivity index (χ0n) is 9.41. The number of oxime groups is 1. The van der Waals surface area contributed by atoms with E-state index in [1.54, 1.807) is 11.3 Å². The molecular weight excluding hydrogens is 236 g/mol. The second-order valence-corrected chi connectivity index (χ2v) is 5.14. The van der Waals surface area contributed by atoms with Crippen LogP contribution in [0.3, 0.4) is 0 Å². The average Bonchev–Trinajstić information content (AvgIpc) is 2.90. The number of fused-ring (bicyclic) bond motifs is 1. The first-order chi connectivity index (χ1) is 8.35. The van der Waals surface area contributed by atoms with E-state index < -0.39 is 0 Å². The number of thiazole rings is 1. The van der Waals surface area contributed by atoms with E-state index in [0.717, 1.165) is 48.8 Å². The van der Waals surface area contributed by atoms with Crippen LogP contribution in [-0.2, 0) is 6.54 Å². The Bertz CT molecular complexity index is 506. The van der Waals surface area contributed by atoms with Crippen LogP contribution in [0.5, 0.6) is 0 Å². The van der Waals surface area contributed by atoms with Gasteiger partial charge < -0.3 is 5.21 Å². The van der Waals surface area contributed by atoms with Crippen molar-refractivity contribution in [2.45, 2.75) is 19.4 Å². The lowest BCUT2D eigenvalue weighted by atomic mass is 10.1. The van der Waals surface area contributed by atoms with Crippen molar-refractivity contribution in [1.29, 1.82) is 0 Å². The van der Waals surface area contributed by atoms with Crippen molar-refractivity contribution in [2.24, 2.45) is 5.16 Å². The topological polar surface area (TPSA) is 53.1 Å². The molecule has 2 aromatic rings. The highest BCUT2D eigenvalue weighted by Crippen LogP contribution is 2.15. The largest absolute Gasteiger partial charge is 0.411 e. The Kier molecular flexibility index (Phi) is 2.82. The summed E-state index contributed by atoms with van der Waals surface area (Å²) < 4.78 is 2.06. The molecule has 0 bridgehead atoms. The van der Waals surface area contributed by atoms with E-state index in [1.165, 1.54) is 0 Å². The zero-order valence-corrected chi connectivity index (χ0v) is 10.2. The molecule has 0 aromatic carbocycles. The third kappa shape index (κ3) is 2.18. The van der Waals surface area contributed by atoms with Gasteiger partial charge in [-0.25, -0.2) is 4.98 Å². The first-order valence-electron chi connectivity index (χ1n) is 5.68. The molecule has 1 N–H and O–H groups in total. The molecule has 3 rings (SSSR count). The fourth-order valence-electron chi connectivity index (χ4n) is 2.15. The monoisotopic (exact) mass is 250 g/mol. The Morgan fingerprint density at radius 1 is 1.41 bits per heavy atom. The van der Waals surface area contributed by atoms with Gasteiger partial charge in [-0.3, -0.25) is 9.30 Å². The molecule has 3 heterocycles. The fourth-order valence-corrected chi connectivity index (χ4v) is 2.87. The maximum atomic E-state index is 8.69. The lowest BCUT2D eigenvalue weighted by Crippen LogP contribution is -2.33. The summed E-state index contributed by atoms with van der Waals surface area (Å²) in [5.74, 6) is 0. The predicted molar refractivity (Wildman–Crippen MR) is 66.8 cm³/mol. The van der Waals surface area contributed by atoms with Gasteiger partial charge in [-0.1, -0.05) is 5.16 Å². The van der Waals surface area contributed by atoms with E-state index in [1.807, 2.05) is 11.6 Å². The molecule has 90 valence electrons. The number of likely N-dealkylation sites (tertiary alicyclic amines) is 1. The van der Waals surface area contributed by atoms with E-state index in [-0.39, 0.29) is 0 Å². The third-order valence-corrected chi connectivity index (χ3v) is 3.87. The molecule has 1 fully saturated rings. The van der Waals surface area contributed by atoms with Gasteiger partial charge in [0.15, 0.2) is 4.96 Å². The van der Waals surface area contributed by atoms with Crippen molar-refractivity contribution in [3.63, 3.8) is 0 Å². The molecule has 0 saturated carbocycles. The average molecular weight is 250 g/mol. The highest BCUT2D eigenvalue weighted by molar-refractivity contribution is 7.15. The second kappa shape index (κ2) is 4.46. The molecule has 17 heavy (non-hydrogen) atoms. The minimum absolute atomic E-state index is 0.860. The minimum Gasteiger partial charge on any atom is -0.411 e. The Hall–Kier alpha value is -1.40. The molecule has 0 spiro atoms. The molecule has 0 radical (unpaired) electrons. The molecule has 2 aromatic heterocycles. The Labute approximate surface area is 103 Å². The number of hydrogen-bond donors (Lipinski definition) is 1. The van der Waals surface area contributed by atoms with Gasteiger partial charge in [-0.05, 0) is 0 Å². The third-order valence-electron chi connectivity index (χ3n) is 3.10. The van der Waals surface area contributed by atoms with E-state index in [0.29, 0.717) is 0 Å². The molecule has 1 aliphatic rings. The zero-order chi connectivity index (χ0) is 11.7. The van der Waals surface area contributed by atoms with Crippen LogP contribution in [0.4, 0.5) is 0 Å². The van der Waals surface area contributed by atoms with E-state index in [2.05, 4.69) is 25.6 Å². The Morgan fingerprint density at radius 2 is 2.24 bits per heavy atom. The van der Waals surface area contributed by atoms with Crippen LogP contribution in [0, 0.1) is 0 Å². The molecule has 0 atom stereocenters. The van der Waals surface area contributed by atoms with Gasteiger partial charge in [0, 0.05) is 50.2 Å². The van der Waals surface area contributed by atoms with Crippen molar-refractivity contribution in [1.82, 2.24) is 14.3 Å². The first-order valence-corrected chi connectivity index (χ1v) is 6.56. The van der Waals surface area contributed by atoms with Crippen LogP contribution in [0.15, 0.2) is 22.9 Å². The first kappa shape index (κ1) is 10.7.